The molecule has 0 amide bonds. The first-order valence-corrected chi connectivity index (χ1v) is 5.97. The number of para-hydroxylation sites is 1. The van der Waals surface area contributed by atoms with Crippen LogP contribution >= 0.6 is 0 Å². The van der Waals surface area contributed by atoms with Gasteiger partial charge in [-0.3, -0.25) is 10.1 Å². The number of aryl methyl sites for hydroxylation is 1. The Kier molecular flexibility index (Phi) is 4.12. The number of carbonyl (C=O) groups is 1. The summed E-state index contributed by atoms with van der Waals surface area (Å²) in [6.07, 6.45) is 0.541. The van der Waals surface area contributed by atoms with E-state index < -0.39 is 16.6 Å². The van der Waals surface area contributed by atoms with E-state index in [1.165, 1.54) is 12.1 Å². The first-order valence-electron chi connectivity index (χ1n) is 5.97. The number of nitro benzene ring substituents is 1. The van der Waals surface area contributed by atoms with Crippen molar-refractivity contribution in [3.8, 4) is 5.75 Å². The first kappa shape index (κ1) is 14.4. The minimum atomic E-state index is -1.33. The van der Waals surface area contributed by atoms with Gasteiger partial charge in [-0.25, -0.2) is 4.79 Å². The van der Waals surface area contributed by atoms with Crippen LogP contribution in [0.2, 0.25) is 0 Å². The fourth-order valence-corrected chi connectivity index (χ4v) is 1.61. The number of carboxylic acids is 1. The van der Waals surface area contributed by atoms with Crippen molar-refractivity contribution < 1.29 is 24.0 Å². The monoisotopic (exact) mass is 293 g/mol. The molecule has 1 N–H and O–H groups in total. The highest BCUT2D eigenvalue weighted by molar-refractivity contribution is 5.92. The van der Waals surface area contributed by atoms with Crippen molar-refractivity contribution in [2.75, 3.05) is 0 Å². The van der Waals surface area contributed by atoms with Crippen molar-refractivity contribution in [3.05, 3.63) is 45.7 Å². The molecule has 1 aromatic heterocycles. The van der Waals surface area contributed by atoms with Crippen molar-refractivity contribution in [1.29, 1.82) is 0 Å². The number of benzene rings is 1. The van der Waals surface area contributed by atoms with Crippen LogP contribution in [-0.4, -0.2) is 26.2 Å². The average molecular weight is 293 g/mol. The predicted octanol–water partition coefficient (Wildman–Crippen LogP) is 1.82. The molecule has 1 aromatic carbocycles. The number of carboxylic acid groups (broad SMARTS) is 1. The minimum absolute atomic E-state index is 0.112. The van der Waals surface area contributed by atoms with E-state index in [0.717, 1.165) is 6.07 Å². The second kappa shape index (κ2) is 5.99. The maximum Gasteiger partial charge on any atom is 0.339 e. The number of rotatable bonds is 6. The number of nitro groups is 1. The lowest BCUT2D eigenvalue weighted by atomic mass is 10.2. The molecule has 2 rings (SSSR count). The van der Waals surface area contributed by atoms with Gasteiger partial charge in [-0.15, -0.1) is 10.2 Å². The molecule has 9 heteroatoms. The Balaban J connectivity index is 2.28. The third-order valence-electron chi connectivity index (χ3n) is 2.57. The van der Waals surface area contributed by atoms with Crippen LogP contribution in [0.4, 0.5) is 5.69 Å². The van der Waals surface area contributed by atoms with Crippen molar-refractivity contribution in [2.24, 2.45) is 0 Å². The van der Waals surface area contributed by atoms with E-state index in [-0.39, 0.29) is 23.8 Å². The van der Waals surface area contributed by atoms with Crippen LogP contribution in [0.1, 0.15) is 29.1 Å². The summed E-state index contributed by atoms with van der Waals surface area (Å²) in [5.41, 5.74) is -0.746. The van der Waals surface area contributed by atoms with Crippen LogP contribution in [0, 0.1) is 10.1 Å². The molecule has 1 heterocycles. The molecular weight excluding hydrogens is 282 g/mol. The summed E-state index contributed by atoms with van der Waals surface area (Å²) in [6.45, 7) is 1.57. The van der Waals surface area contributed by atoms with E-state index >= 15 is 0 Å². The molecule has 0 spiro atoms. The Bertz CT molecular complexity index is 649. The minimum Gasteiger partial charge on any atom is -0.478 e. The van der Waals surface area contributed by atoms with Gasteiger partial charge in [0.1, 0.15) is 5.56 Å². The van der Waals surface area contributed by atoms with Gasteiger partial charge in [0.05, 0.1) is 4.92 Å². The molecule has 2 aromatic rings. The molecule has 0 saturated carbocycles. The lowest BCUT2D eigenvalue weighted by molar-refractivity contribution is -0.386. The summed E-state index contributed by atoms with van der Waals surface area (Å²) < 4.78 is 10.4. The summed E-state index contributed by atoms with van der Waals surface area (Å²) in [4.78, 5) is 21.3. The molecule has 0 radical (unpaired) electrons. The third-order valence-corrected chi connectivity index (χ3v) is 2.57. The van der Waals surface area contributed by atoms with Crippen LogP contribution in [0.5, 0.6) is 5.75 Å². The fourth-order valence-electron chi connectivity index (χ4n) is 1.61. The second-order valence-electron chi connectivity index (χ2n) is 3.95. The Morgan fingerprint density at radius 3 is 2.71 bits per heavy atom. The van der Waals surface area contributed by atoms with Gasteiger partial charge in [0, 0.05) is 12.5 Å². The maximum absolute atomic E-state index is 11.1. The number of hydrogen-bond donors (Lipinski definition) is 1. The van der Waals surface area contributed by atoms with Gasteiger partial charge in [-0.1, -0.05) is 13.0 Å². The van der Waals surface area contributed by atoms with Crippen LogP contribution in [0.3, 0.4) is 0 Å². The Hall–Kier alpha value is -2.97. The molecule has 0 aliphatic rings. The van der Waals surface area contributed by atoms with Crippen LogP contribution in [0.25, 0.3) is 0 Å². The van der Waals surface area contributed by atoms with E-state index in [1.807, 2.05) is 6.92 Å². The molecule has 110 valence electrons. The third kappa shape index (κ3) is 3.14. The lowest BCUT2D eigenvalue weighted by Crippen LogP contribution is -2.06. The van der Waals surface area contributed by atoms with Gasteiger partial charge >= 0.3 is 11.7 Å². The Morgan fingerprint density at radius 2 is 2.14 bits per heavy atom. The maximum atomic E-state index is 11.1. The fraction of sp³-hybridized carbons (Fsp3) is 0.250. The molecule has 21 heavy (non-hydrogen) atoms. The first-order chi connectivity index (χ1) is 10.0. The van der Waals surface area contributed by atoms with Crippen molar-refractivity contribution in [2.45, 2.75) is 20.0 Å². The largest absolute Gasteiger partial charge is 0.478 e. The molecular formula is C12H11N3O6. The van der Waals surface area contributed by atoms with E-state index in [2.05, 4.69) is 10.2 Å². The predicted molar refractivity (Wildman–Crippen MR) is 68.1 cm³/mol. The normalized spacial score (nSPS) is 10.3. The van der Waals surface area contributed by atoms with Crippen LogP contribution < -0.4 is 4.74 Å². The van der Waals surface area contributed by atoms with Gasteiger partial charge in [-0.05, 0) is 6.07 Å². The van der Waals surface area contributed by atoms with Crippen LogP contribution in [0.15, 0.2) is 22.6 Å². The number of aromatic nitrogens is 2. The number of aromatic carboxylic acids is 1. The van der Waals surface area contributed by atoms with Gasteiger partial charge in [-0.2, -0.15) is 0 Å². The summed E-state index contributed by atoms with van der Waals surface area (Å²) in [5.74, 6) is -1.16. The Labute approximate surface area is 118 Å². The molecule has 0 bridgehead atoms. The standard InChI is InChI=1S/C12H11N3O6/c1-2-9-13-14-10(21-9)6-20-11-7(12(16)17)4-3-5-8(11)15(18)19/h3-5H,2,6H2,1H3,(H,16,17). The van der Waals surface area contributed by atoms with Gasteiger partial charge < -0.3 is 14.3 Å². The zero-order valence-corrected chi connectivity index (χ0v) is 11.0. The Morgan fingerprint density at radius 1 is 1.43 bits per heavy atom. The number of ether oxygens (including phenoxy) is 1. The van der Waals surface area contributed by atoms with Gasteiger partial charge in [0.15, 0.2) is 6.61 Å². The number of hydrogen-bond acceptors (Lipinski definition) is 7. The molecule has 0 unspecified atom stereocenters. The molecule has 0 aliphatic heterocycles. The molecule has 0 atom stereocenters. The van der Waals surface area contributed by atoms with Crippen molar-refractivity contribution in [1.82, 2.24) is 10.2 Å². The average Bonchev–Trinajstić information content (AvgIpc) is 2.92. The molecule has 0 saturated heterocycles. The SMILES string of the molecule is CCc1nnc(COc2c(C(=O)O)cccc2[N+](=O)[O-])o1. The summed E-state index contributed by atoms with van der Waals surface area (Å²) in [5, 5.41) is 27.4. The lowest BCUT2D eigenvalue weighted by Gasteiger charge is -2.07. The summed E-state index contributed by atoms with van der Waals surface area (Å²) in [7, 11) is 0. The van der Waals surface area contributed by atoms with Gasteiger partial charge in [0.25, 0.3) is 5.89 Å². The second-order valence-corrected chi connectivity index (χ2v) is 3.95. The van der Waals surface area contributed by atoms with E-state index in [1.54, 1.807) is 0 Å². The molecule has 9 nitrogen and oxygen atoms in total. The molecule has 0 fully saturated rings. The highest BCUT2D eigenvalue weighted by Crippen LogP contribution is 2.31. The van der Waals surface area contributed by atoms with Crippen LogP contribution in [-0.2, 0) is 13.0 Å². The smallest absolute Gasteiger partial charge is 0.339 e. The van der Waals surface area contributed by atoms with E-state index in [4.69, 9.17) is 14.3 Å². The highest BCUT2D eigenvalue weighted by atomic mass is 16.6. The van der Waals surface area contributed by atoms with Crippen molar-refractivity contribution in [3.63, 3.8) is 0 Å². The quantitative estimate of drug-likeness (QED) is 0.630. The van der Waals surface area contributed by atoms with E-state index in [0.29, 0.717) is 12.3 Å². The van der Waals surface area contributed by atoms with Gasteiger partial charge in [0.2, 0.25) is 11.6 Å². The summed E-state index contributed by atoms with van der Waals surface area (Å²) in [6, 6.07) is 3.65. The number of nitrogens with zero attached hydrogens (tertiary/aromatic N) is 3. The zero-order chi connectivity index (χ0) is 15.4. The topological polar surface area (TPSA) is 129 Å². The highest BCUT2D eigenvalue weighted by Gasteiger charge is 2.23. The van der Waals surface area contributed by atoms with E-state index in [9.17, 15) is 14.9 Å². The van der Waals surface area contributed by atoms with Crippen molar-refractivity contribution >= 4 is 11.7 Å². The molecule has 0 aliphatic carbocycles. The zero-order valence-electron chi connectivity index (χ0n) is 11.0. The summed E-state index contributed by atoms with van der Waals surface area (Å²) >= 11 is 0.